The Morgan fingerprint density at radius 1 is 1.13 bits per heavy atom. The molecular weight excluding hydrogens is 404 g/mol. The minimum Gasteiger partial charge on any atom is -0.483 e. The van der Waals surface area contributed by atoms with Crippen molar-refractivity contribution in [2.45, 2.75) is 43.1 Å². The summed E-state index contributed by atoms with van der Waals surface area (Å²) in [5.74, 6) is 0.228. The zero-order valence-electron chi connectivity index (χ0n) is 16.7. The second-order valence-electron chi connectivity index (χ2n) is 7.71. The number of benzene rings is 2. The van der Waals surface area contributed by atoms with Gasteiger partial charge in [-0.1, -0.05) is 18.2 Å². The number of amides is 1. The monoisotopic (exact) mass is 430 g/mol. The lowest BCUT2D eigenvalue weighted by Crippen LogP contribution is -2.28. The van der Waals surface area contributed by atoms with Crippen molar-refractivity contribution in [3.05, 3.63) is 53.6 Å². The molecule has 2 aromatic carbocycles. The first kappa shape index (κ1) is 20.8. The Bertz CT molecular complexity index is 1030. The normalized spacial score (nSPS) is 19.3. The summed E-state index contributed by atoms with van der Waals surface area (Å²) in [6, 6.07) is 11.8. The second-order valence-corrected chi connectivity index (χ2v) is 9.65. The van der Waals surface area contributed by atoms with Crippen molar-refractivity contribution in [3.63, 3.8) is 0 Å². The fourth-order valence-electron chi connectivity index (χ4n) is 4.08. The van der Waals surface area contributed by atoms with Crippen LogP contribution in [0.3, 0.4) is 0 Å². The van der Waals surface area contributed by atoms with E-state index in [-0.39, 0.29) is 17.4 Å². The predicted molar refractivity (Wildman–Crippen MR) is 113 cm³/mol. The van der Waals surface area contributed by atoms with Gasteiger partial charge in [0.15, 0.2) is 6.61 Å². The molecule has 1 aliphatic carbocycles. The minimum absolute atomic E-state index is 0.175. The van der Waals surface area contributed by atoms with Crippen LogP contribution in [-0.2, 0) is 21.2 Å². The van der Waals surface area contributed by atoms with Crippen LogP contribution in [0, 0.1) is 0 Å². The van der Waals surface area contributed by atoms with Crippen molar-refractivity contribution in [2.24, 2.45) is 0 Å². The van der Waals surface area contributed by atoms with E-state index < -0.39 is 16.1 Å². The lowest BCUT2D eigenvalue weighted by Gasteiger charge is -2.23. The number of anilines is 1. The van der Waals surface area contributed by atoms with Crippen LogP contribution in [0.1, 0.15) is 42.9 Å². The summed E-state index contributed by atoms with van der Waals surface area (Å²) < 4.78 is 32.6. The Labute approximate surface area is 176 Å². The average molecular weight is 431 g/mol. The summed E-state index contributed by atoms with van der Waals surface area (Å²) in [6.07, 6.45) is 3.65. The number of nitrogens with zero attached hydrogens (tertiary/aromatic N) is 1. The SMILES string of the molecule is O=C(COc1cccc2c1CCC[C@H]2O)Nc1cccc(S(=O)(=O)N2CCCC2)c1. The topological polar surface area (TPSA) is 95.9 Å². The molecule has 2 N–H and O–H groups in total. The van der Waals surface area contributed by atoms with Crippen molar-refractivity contribution in [1.29, 1.82) is 0 Å². The highest BCUT2D eigenvalue weighted by Crippen LogP contribution is 2.35. The molecule has 1 heterocycles. The highest BCUT2D eigenvalue weighted by molar-refractivity contribution is 7.89. The van der Waals surface area contributed by atoms with E-state index in [1.54, 1.807) is 24.3 Å². The first-order valence-electron chi connectivity index (χ1n) is 10.3. The van der Waals surface area contributed by atoms with Crippen LogP contribution >= 0.6 is 0 Å². The van der Waals surface area contributed by atoms with Gasteiger partial charge >= 0.3 is 0 Å². The van der Waals surface area contributed by atoms with Gasteiger partial charge in [-0.3, -0.25) is 4.79 Å². The van der Waals surface area contributed by atoms with E-state index in [0.717, 1.165) is 43.2 Å². The number of ether oxygens (including phenoxy) is 1. The lowest BCUT2D eigenvalue weighted by atomic mass is 9.89. The number of fused-ring (bicyclic) bond motifs is 1. The highest BCUT2D eigenvalue weighted by Gasteiger charge is 2.27. The van der Waals surface area contributed by atoms with Crippen molar-refractivity contribution in [1.82, 2.24) is 4.31 Å². The Kier molecular flexibility index (Phi) is 6.08. The second kappa shape index (κ2) is 8.75. The summed E-state index contributed by atoms with van der Waals surface area (Å²) in [5, 5.41) is 12.8. The van der Waals surface area contributed by atoms with Gasteiger partial charge < -0.3 is 15.2 Å². The van der Waals surface area contributed by atoms with E-state index in [1.165, 1.54) is 10.4 Å². The highest BCUT2D eigenvalue weighted by atomic mass is 32.2. The summed E-state index contributed by atoms with van der Waals surface area (Å²) in [6.45, 7) is 0.862. The molecule has 0 unspecified atom stereocenters. The fraction of sp³-hybridized carbons (Fsp3) is 0.409. The van der Waals surface area contributed by atoms with Gasteiger partial charge in [0.25, 0.3) is 5.91 Å². The first-order chi connectivity index (χ1) is 14.4. The molecule has 7 nitrogen and oxygen atoms in total. The van der Waals surface area contributed by atoms with Crippen LogP contribution < -0.4 is 10.1 Å². The number of carbonyl (C=O) groups excluding carboxylic acids is 1. The molecule has 0 aromatic heterocycles. The summed E-state index contributed by atoms with van der Waals surface area (Å²) in [5.41, 5.74) is 2.22. The third-order valence-corrected chi connectivity index (χ3v) is 7.51. The number of rotatable bonds is 6. The number of carbonyl (C=O) groups is 1. The van der Waals surface area contributed by atoms with E-state index in [2.05, 4.69) is 5.32 Å². The Hall–Kier alpha value is -2.42. The molecule has 1 fully saturated rings. The van der Waals surface area contributed by atoms with Crippen LogP contribution in [0.2, 0.25) is 0 Å². The molecule has 4 rings (SSSR count). The quantitative estimate of drug-likeness (QED) is 0.735. The van der Waals surface area contributed by atoms with E-state index in [4.69, 9.17) is 4.74 Å². The largest absolute Gasteiger partial charge is 0.483 e. The third kappa shape index (κ3) is 4.35. The molecule has 1 saturated heterocycles. The fourth-order valence-corrected chi connectivity index (χ4v) is 5.64. The van der Waals surface area contributed by atoms with Crippen LogP contribution in [0.5, 0.6) is 5.75 Å². The minimum atomic E-state index is -3.54. The molecule has 0 spiro atoms. The number of aliphatic hydroxyl groups is 1. The zero-order chi connectivity index (χ0) is 21.1. The third-order valence-electron chi connectivity index (χ3n) is 5.61. The molecule has 0 radical (unpaired) electrons. The van der Waals surface area contributed by atoms with Crippen molar-refractivity contribution in [2.75, 3.05) is 25.0 Å². The molecular formula is C22H26N2O5S. The van der Waals surface area contributed by atoms with Gasteiger partial charge in [-0.2, -0.15) is 4.31 Å². The van der Waals surface area contributed by atoms with Crippen molar-refractivity contribution < 1.29 is 23.1 Å². The Balaban J connectivity index is 1.41. The van der Waals surface area contributed by atoms with Crippen LogP contribution in [0.4, 0.5) is 5.69 Å². The maximum atomic E-state index is 12.7. The van der Waals surface area contributed by atoms with E-state index in [0.29, 0.717) is 24.5 Å². The summed E-state index contributed by atoms with van der Waals surface area (Å²) >= 11 is 0. The average Bonchev–Trinajstić information content (AvgIpc) is 3.29. The van der Waals surface area contributed by atoms with Gasteiger partial charge in [0, 0.05) is 18.8 Å². The molecule has 1 aliphatic heterocycles. The molecule has 2 aliphatic rings. The van der Waals surface area contributed by atoms with Gasteiger partial charge in [-0.15, -0.1) is 0 Å². The summed E-state index contributed by atoms with van der Waals surface area (Å²) in [4.78, 5) is 12.6. The number of hydrogen-bond acceptors (Lipinski definition) is 5. The maximum Gasteiger partial charge on any atom is 0.262 e. The van der Waals surface area contributed by atoms with Crippen molar-refractivity contribution >= 4 is 21.6 Å². The Morgan fingerprint density at radius 2 is 1.90 bits per heavy atom. The summed E-state index contributed by atoms with van der Waals surface area (Å²) in [7, 11) is -3.54. The number of hydrogen-bond donors (Lipinski definition) is 2. The van der Waals surface area contributed by atoms with Crippen LogP contribution in [-0.4, -0.2) is 43.4 Å². The Morgan fingerprint density at radius 3 is 2.70 bits per heavy atom. The standard InChI is InChI=1S/C22H26N2O5S/c25-20-10-4-9-19-18(20)8-5-11-21(19)29-15-22(26)23-16-6-3-7-17(14-16)30(27,28)24-12-1-2-13-24/h3,5-8,11,14,20,25H,1-2,4,9-10,12-13,15H2,(H,23,26)/t20-/m1/s1. The smallest absolute Gasteiger partial charge is 0.262 e. The zero-order valence-corrected chi connectivity index (χ0v) is 17.5. The molecule has 0 saturated carbocycles. The molecule has 30 heavy (non-hydrogen) atoms. The van der Waals surface area contributed by atoms with Gasteiger partial charge in [-0.25, -0.2) is 8.42 Å². The van der Waals surface area contributed by atoms with Crippen molar-refractivity contribution in [3.8, 4) is 5.75 Å². The molecule has 0 bridgehead atoms. The van der Waals surface area contributed by atoms with Gasteiger partial charge in [0.1, 0.15) is 5.75 Å². The molecule has 1 amide bonds. The molecule has 160 valence electrons. The lowest BCUT2D eigenvalue weighted by molar-refractivity contribution is -0.118. The van der Waals surface area contributed by atoms with Gasteiger partial charge in [0.05, 0.1) is 11.0 Å². The van der Waals surface area contributed by atoms with E-state index >= 15 is 0 Å². The van der Waals surface area contributed by atoms with Gasteiger partial charge in [0.2, 0.25) is 10.0 Å². The van der Waals surface area contributed by atoms with Crippen LogP contribution in [0.15, 0.2) is 47.4 Å². The van der Waals surface area contributed by atoms with Crippen LogP contribution in [0.25, 0.3) is 0 Å². The number of sulfonamides is 1. The first-order valence-corrected chi connectivity index (χ1v) is 11.7. The molecule has 1 atom stereocenters. The van der Waals surface area contributed by atoms with Gasteiger partial charge in [-0.05, 0) is 67.5 Å². The van der Waals surface area contributed by atoms with E-state index in [1.807, 2.05) is 12.1 Å². The molecule has 2 aromatic rings. The predicted octanol–water partition coefficient (Wildman–Crippen LogP) is 2.86. The molecule has 8 heteroatoms. The number of nitrogens with one attached hydrogen (secondary N) is 1. The van der Waals surface area contributed by atoms with E-state index in [9.17, 15) is 18.3 Å². The number of aliphatic hydroxyl groups excluding tert-OH is 1. The maximum absolute atomic E-state index is 12.7.